The zero-order valence-corrected chi connectivity index (χ0v) is 11.5. The van der Waals surface area contributed by atoms with Crippen LogP contribution in [-0.4, -0.2) is 21.6 Å². The fourth-order valence-electron chi connectivity index (χ4n) is 1.70. The van der Waals surface area contributed by atoms with Gasteiger partial charge in [0, 0.05) is 0 Å². The normalized spacial score (nSPS) is 10.1. The molecule has 0 atom stereocenters. The number of benzene rings is 1. The monoisotopic (exact) mass is 291 g/mol. The molecule has 1 aromatic carbocycles. The molecule has 0 fully saturated rings. The molecule has 0 aliphatic carbocycles. The fraction of sp³-hybridized carbons (Fsp3) is 0.364. The van der Waals surface area contributed by atoms with E-state index < -0.39 is 0 Å². The molecule has 82 valence electrons. The van der Waals surface area contributed by atoms with Crippen LogP contribution >= 0.6 is 0 Å². The van der Waals surface area contributed by atoms with Gasteiger partial charge in [0.25, 0.3) is 0 Å². The van der Waals surface area contributed by atoms with Gasteiger partial charge in [0.05, 0.1) is 0 Å². The predicted molar refractivity (Wildman–Crippen MR) is 58.0 cm³/mol. The van der Waals surface area contributed by atoms with Crippen molar-refractivity contribution in [3.05, 3.63) is 22.8 Å². The summed E-state index contributed by atoms with van der Waals surface area (Å²) in [6, 6.07) is 6.37. The molecule has 2 nitrogen and oxygen atoms in total. The molecule has 0 aliphatic heterocycles. The van der Waals surface area contributed by atoms with Gasteiger partial charge in [-0.2, -0.15) is 0 Å². The van der Waals surface area contributed by atoms with Crippen molar-refractivity contribution in [1.82, 2.24) is 0 Å². The number of ether oxygens (including phenoxy) is 1. The molecule has 1 heterocycles. The molecule has 4 heteroatoms. The van der Waals surface area contributed by atoms with Gasteiger partial charge >= 0.3 is 89.6 Å². The van der Waals surface area contributed by atoms with Crippen LogP contribution in [0.2, 0.25) is 0 Å². The SMILES string of the molecule is CC[n+]1c(C)[se]c2ccc(OC)cc21.[Cl-]. The molecule has 0 unspecified atom stereocenters. The largest absolute Gasteiger partial charge is 1.00 e. The van der Waals surface area contributed by atoms with Gasteiger partial charge in [0.1, 0.15) is 0 Å². The topological polar surface area (TPSA) is 13.1 Å². The molecule has 2 aromatic rings. The number of hydrogen-bond donors (Lipinski definition) is 0. The van der Waals surface area contributed by atoms with Crippen molar-refractivity contribution in [2.75, 3.05) is 7.11 Å². The number of aryl methyl sites for hydroxylation is 2. The Morgan fingerprint density at radius 1 is 1.40 bits per heavy atom. The van der Waals surface area contributed by atoms with E-state index in [1.807, 2.05) is 6.07 Å². The Bertz CT molecular complexity index is 467. The number of nitrogens with zero attached hydrogens (tertiary/aromatic N) is 1. The van der Waals surface area contributed by atoms with E-state index in [0.717, 1.165) is 12.3 Å². The Balaban J connectivity index is 0.00000112. The van der Waals surface area contributed by atoms with E-state index >= 15 is 0 Å². The minimum atomic E-state index is 0. The molecule has 0 amide bonds. The molecule has 0 aliphatic rings. The van der Waals surface area contributed by atoms with Crippen LogP contribution in [0.3, 0.4) is 0 Å². The van der Waals surface area contributed by atoms with E-state index in [4.69, 9.17) is 4.74 Å². The van der Waals surface area contributed by atoms with Crippen LogP contribution in [0.4, 0.5) is 0 Å². The Morgan fingerprint density at radius 2 is 2.13 bits per heavy atom. The Labute approximate surface area is 102 Å². The van der Waals surface area contributed by atoms with E-state index in [2.05, 4.69) is 30.5 Å². The second-order valence-corrected chi connectivity index (χ2v) is 5.79. The summed E-state index contributed by atoms with van der Waals surface area (Å²) in [7, 11) is 1.72. The van der Waals surface area contributed by atoms with Gasteiger partial charge in [0.2, 0.25) is 0 Å². The maximum absolute atomic E-state index is 5.24. The number of hydrogen-bond acceptors (Lipinski definition) is 1. The molecule has 2 rings (SSSR count). The standard InChI is InChI=1S/C11H14NOSe.ClH/c1-4-12-8(2)14-11-6-5-9(13-3)7-10(11)12;/h5-7H,4H2,1-3H3;1H/q+1;/p-1. The van der Waals surface area contributed by atoms with Crippen LogP contribution in [0.25, 0.3) is 9.78 Å². The molecule has 15 heavy (non-hydrogen) atoms. The van der Waals surface area contributed by atoms with E-state index in [-0.39, 0.29) is 12.4 Å². The van der Waals surface area contributed by atoms with Crippen molar-refractivity contribution in [2.24, 2.45) is 0 Å². The van der Waals surface area contributed by atoms with Crippen LogP contribution in [0.1, 0.15) is 11.5 Å². The number of aromatic nitrogens is 1. The number of methoxy groups -OCH3 is 1. The van der Waals surface area contributed by atoms with Crippen molar-refractivity contribution in [3.63, 3.8) is 0 Å². The summed E-state index contributed by atoms with van der Waals surface area (Å²) in [4.78, 5) is 0. The molecule has 0 bridgehead atoms. The van der Waals surface area contributed by atoms with Crippen molar-refractivity contribution >= 4 is 24.3 Å². The predicted octanol–water partition coefficient (Wildman–Crippen LogP) is -1.47. The zero-order valence-electron chi connectivity index (χ0n) is 9.08. The van der Waals surface area contributed by atoms with E-state index in [9.17, 15) is 0 Å². The summed E-state index contributed by atoms with van der Waals surface area (Å²) in [6.45, 7) is 5.46. The summed E-state index contributed by atoms with van der Waals surface area (Å²) in [5, 5.41) is 0. The van der Waals surface area contributed by atoms with Gasteiger partial charge in [0.15, 0.2) is 0 Å². The smallest absolute Gasteiger partial charge is 1.00 e. The number of fused-ring (bicyclic) bond motifs is 1. The Hall–Kier alpha value is -0.501. The van der Waals surface area contributed by atoms with Crippen LogP contribution in [0.5, 0.6) is 5.75 Å². The quantitative estimate of drug-likeness (QED) is 0.486. The average molecular weight is 291 g/mol. The maximum Gasteiger partial charge on any atom is -1.00 e. The van der Waals surface area contributed by atoms with E-state index in [1.54, 1.807) is 7.11 Å². The first-order valence-electron chi connectivity index (χ1n) is 4.73. The molecule has 0 saturated heterocycles. The Kier molecular flexibility index (Phi) is 4.21. The first kappa shape index (κ1) is 12.6. The molecular weight excluding hydrogens is 277 g/mol. The van der Waals surface area contributed by atoms with E-state index in [1.165, 1.54) is 14.3 Å². The van der Waals surface area contributed by atoms with Crippen molar-refractivity contribution < 1.29 is 21.7 Å². The van der Waals surface area contributed by atoms with Gasteiger partial charge in [-0.3, -0.25) is 0 Å². The van der Waals surface area contributed by atoms with E-state index in [0.29, 0.717) is 14.5 Å². The Morgan fingerprint density at radius 3 is 2.73 bits per heavy atom. The molecular formula is C11H14ClNOSe. The zero-order chi connectivity index (χ0) is 10.1. The van der Waals surface area contributed by atoms with Crippen LogP contribution in [0, 0.1) is 6.92 Å². The summed E-state index contributed by atoms with van der Waals surface area (Å²) in [6.07, 6.45) is 0. The van der Waals surface area contributed by atoms with Gasteiger partial charge in [-0.05, 0) is 0 Å². The summed E-state index contributed by atoms with van der Waals surface area (Å²) < 4.78 is 10.6. The van der Waals surface area contributed by atoms with Crippen LogP contribution in [-0.2, 0) is 6.54 Å². The van der Waals surface area contributed by atoms with Gasteiger partial charge in [-0.25, -0.2) is 0 Å². The summed E-state index contributed by atoms with van der Waals surface area (Å²) in [5.74, 6) is 0.952. The minimum Gasteiger partial charge on any atom is -1.00 e. The van der Waals surface area contributed by atoms with Crippen LogP contribution < -0.4 is 21.7 Å². The maximum atomic E-state index is 5.24. The van der Waals surface area contributed by atoms with Gasteiger partial charge in [-0.1, -0.05) is 0 Å². The molecule has 0 saturated carbocycles. The van der Waals surface area contributed by atoms with Gasteiger partial charge in [-0.15, -0.1) is 0 Å². The second-order valence-electron chi connectivity index (χ2n) is 3.20. The van der Waals surface area contributed by atoms with Gasteiger partial charge < -0.3 is 12.4 Å². The van der Waals surface area contributed by atoms with Crippen molar-refractivity contribution in [1.29, 1.82) is 0 Å². The first-order valence-corrected chi connectivity index (χ1v) is 6.44. The average Bonchev–Trinajstić information content (AvgIpc) is 2.52. The molecule has 0 N–H and O–H groups in total. The third kappa shape index (κ3) is 2.20. The summed E-state index contributed by atoms with van der Waals surface area (Å²) >= 11 is 0.512. The molecule has 1 aromatic heterocycles. The number of rotatable bonds is 2. The third-order valence-electron chi connectivity index (χ3n) is 2.41. The first-order chi connectivity index (χ1) is 6.76. The van der Waals surface area contributed by atoms with Crippen molar-refractivity contribution in [2.45, 2.75) is 20.4 Å². The minimum absolute atomic E-state index is 0. The number of halogens is 1. The second kappa shape index (κ2) is 5.02. The third-order valence-corrected chi connectivity index (χ3v) is 4.68. The fourth-order valence-corrected chi connectivity index (χ4v) is 3.93. The molecule has 0 spiro atoms. The van der Waals surface area contributed by atoms with Crippen LogP contribution in [0.15, 0.2) is 18.2 Å². The molecule has 0 radical (unpaired) electrons. The van der Waals surface area contributed by atoms with Crippen molar-refractivity contribution in [3.8, 4) is 5.75 Å². The summed E-state index contributed by atoms with van der Waals surface area (Å²) in [5.41, 5.74) is 1.34.